The van der Waals surface area contributed by atoms with Gasteiger partial charge in [-0.2, -0.15) is 5.10 Å². The van der Waals surface area contributed by atoms with Gasteiger partial charge in [-0.3, -0.25) is 14.7 Å². The minimum Gasteiger partial charge on any atom is -0.491 e. The van der Waals surface area contributed by atoms with E-state index in [-0.39, 0.29) is 30.3 Å². The van der Waals surface area contributed by atoms with Crippen LogP contribution in [0.25, 0.3) is 0 Å². The minimum atomic E-state index is -0.328. The molecule has 2 amide bonds. The van der Waals surface area contributed by atoms with Gasteiger partial charge >= 0.3 is 0 Å². The molecule has 3 rings (SSSR count). The van der Waals surface area contributed by atoms with Gasteiger partial charge in [0, 0.05) is 30.9 Å². The molecule has 1 atom stereocenters. The Bertz CT molecular complexity index is 822. The van der Waals surface area contributed by atoms with Crippen LogP contribution in [0.5, 0.6) is 5.75 Å². The Labute approximate surface area is 165 Å². The van der Waals surface area contributed by atoms with Gasteiger partial charge < -0.3 is 15.0 Å². The number of carbonyl (C=O) groups excluding carboxylic acids is 2. The lowest BCUT2D eigenvalue weighted by atomic mass is 10.1. The molecule has 7 nitrogen and oxygen atoms in total. The maximum atomic E-state index is 12.5. The van der Waals surface area contributed by atoms with Crippen molar-refractivity contribution in [2.45, 2.75) is 46.6 Å². The highest BCUT2D eigenvalue weighted by atomic mass is 16.5. The topological polar surface area (TPSA) is 87.3 Å². The summed E-state index contributed by atoms with van der Waals surface area (Å²) >= 11 is 0. The number of hydrogen-bond donors (Lipinski definition) is 2. The Balaban J connectivity index is 1.54. The highest BCUT2D eigenvalue weighted by molar-refractivity contribution is 6.00. The van der Waals surface area contributed by atoms with Crippen molar-refractivity contribution in [1.29, 1.82) is 0 Å². The van der Waals surface area contributed by atoms with Crippen LogP contribution >= 0.6 is 0 Å². The Morgan fingerprint density at radius 1 is 1.32 bits per heavy atom. The van der Waals surface area contributed by atoms with E-state index in [1.54, 1.807) is 4.90 Å². The number of nitrogens with zero attached hydrogens (tertiary/aromatic N) is 2. The van der Waals surface area contributed by atoms with Crippen molar-refractivity contribution < 1.29 is 14.3 Å². The smallest absolute Gasteiger partial charge is 0.227 e. The van der Waals surface area contributed by atoms with Crippen LogP contribution in [0.1, 0.15) is 37.2 Å². The van der Waals surface area contributed by atoms with Gasteiger partial charge in [-0.25, -0.2) is 0 Å². The molecule has 0 saturated carbocycles. The Morgan fingerprint density at radius 2 is 2.04 bits per heavy atom. The van der Waals surface area contributed by atoms with Crippen LogP contribution < -0.4 is 15.0 Å². The fourth-order valence-corrected chi connectivity index (χ4v) is 3.51. The third-order valence-corrected chi connectivity index (χ3v) is 4.97. The van der Waals surface area contributed by atoms with E-state index >= 15 is 0 Å². The molecular weight excluding hydrogens is 356 g/mol. The van der Waals surface area contributed by atoms with Gasteiger partial charge in [-0.15, -0.1) is 0 Å². The summed E-state index contributed by atoms with van der Waals surface area (Å²) in [7, 11) is 0. The van der Waals surface area contributed by atoms with E-state index in [0.717, 1.165) is 34.8 Å². The van der Waals surface area contributed by atoms with Gasteiger partial charge in [0.2, 0.25) is 11.8 Å². The molecule has 0 aliphatic carbocycles. The molecule has 1 saturated heterocycles. The second-order valence-corrected chi connectivity index (χ2v) is 7.52. The van der Waals surface area contributed by atoms with Gasteiger partial charge in [0.05, 0.1) is 17.7 Å². The Hall–Kier alpha value is -2.83. The molecule has 2 heterocycles. The number of anilines is 1. The molecule has 1 aromatic heterocycles. The summed E-state index contributed by atoms with van der Waals surface area (Å²) in [6, 6.07) is 7.43. The van der Waals surface area contributed by atoms with E-state index in [1.807, 2.05) is 52.0 Å². The molecule has 1 aliphatic heterocycles. The summed E-state index contributed by atoms with van der Waals surface area (Å²) in [6.07, 6.45) is 1.06. The van der Waals surface area contributed by atoms with Crippen molar-refractivity contribution in [1.82, 2.24) is 15.5 Å². The molecule has 0 unspecified atom stereocenters. The first kappa shape index (κ1) is 19.9. The number of benzene rings is 1. The number of aryl methyl sites for hydroxylation is 2. The molecule has 28 heavy (non-hydrogen) atoms. The first-order chi connectivity index (χ1) is 13.3. The minimum absolute atomic E-state index is 0.0285. The average Bonchev–Trinajstić information content (AvgIpc) is 3.19. The van der Waals surface area contributed by atoms with E-state index in [4.69, 9.17) is 4.74 Å². The lowest BCUT2D eigenvalue weighted by molar-refractivity contribution is -0.126. The Morgan fingerprint density at radius 3 is 2.64 bits per heavy atom. The molecule has 1 fully saturated rings. The van der Waals surface area contributed by atoms with E-state index in [9.17, 15) is 9.59 Å². The average molecular weight is 384 g/mol. The maximum Gasteiger partial charge on any atom is 0.227 e. The quantitative estimate of drug-likeness (QED) is 0.768. The van der Waals surface area contributed by atoms with Crippen molar-refractivity contribution in [3.63, 3.8) is 0 Å². The third kappa shape index (κ3) is 4.52. The molecule has 1 aliphatic rings. The van der Waals surface area contributed by atoms with Crippen molar-refractivity contribution >= 4 is 17.5 Å². The second-order valence-electron chi connectivity index (χ2n) is 7.52. The van der Waals surface area contributed by atoms with E-state index in [0.29, 0.717) is 13.1 Å². The number of carbonyl (C=O) groups is 2. The molecular formula is C21H28N4O3. The van der Waals surface area contributed by atoms with Gasteiger partial charge in [-0.1, -0.05) is 0 Å². The normalized spacial score (nSPS) is 16.7. The number of hydrogen-bond acceptors (Lipinski definition) is 4. The number of aromatic amines is 1. The standard InChI is InChI=1S/C21H28N4O3/c1-13(2)28-18-7-5-17(6-8-18)25-12-16(11-20(25)26)21(27)22-10-9-19-14(3)23-24-15(19)4/h5-8,13,16H,9-12H2,1-4H3,(H,22,27)(H,23,24)/t16-/m0/s1. The molecule has 0 radical (unpaired) electrons. The van der Waals surface area contributed by atoms with Crippen LogP contribution in [0.4, 0.5) is 5.69 Å². The number of aromatic nitrogens is 2. The van der Waals surface area contributed by atoms with Crippen LogP contribution in [0, 0.1) is 19.8 Å². The van der Waals surface area contributed by atoms with Crippen LogP contribution in [0.2, 0.25) is 0 Å². The number of amides is 2. The fraction of sp³-hybridized carbons (Fsp3) is 0.476. The van der Waals surface area contributed by atoms with E-state index in [1.165, 1.54) is 0 Å². The van der Waals surface area contributed by atoms with Crippen molar-refractivity contribution in [2.24, 2.45) is 5.92 Å². The van der Waals surface area contributed by atoms with Crippen LogP contribution in [0.3, 0.4) is 0 Å². The molecule has 0 spiro atoms. The molecule has 2 N–H and O–H groups in total. The summed E-state index contributed by atoms with van der Waals surface area (Å²) < 4.78 is 5.64. The monoisotopic (exact) mass is 384 g/mol. The van der Waals surface area contributed by atoms with Crippen LogP contribution in [-0.2, 0) is 16.0 Å². The first-order valence-corrected chi connectivity index (χ1v) is 9.70. The summed E-state index contributed by atoms with van der Waals surface area (Å²) in [6.45, 7) is 8.80. The first-order valence-electron chi connectivity index (χ1n) is 9.70. The van der Waals surface area contributed by atoms with E-state index in [2.05, 4.69) is 15.5 Å². The maximum absolute atomic E-state index is 12.5. The zero-order valence-electron chi connectivity index (χ0n) is 16.9. The molecule has 0 bridgehead atoms. The number of nitrogens with one attached hydrogen (secondary N) is 2. The predicted molar refractivity (Wildman–Crippen MR) is 107 cm³/mol. The zero-order chi connectivity index (χ0) is 20.3. The van der Waals surface area contributed by atoms with E-state index < -0.39 is 0 Å². The van der Waals surface area contributed by atoms with Gasteiger partial charge in [0.15, 0.2) is 0 Å². The summed E-state index contributed by atoms with van der Waals surface area (Å²) in [4.78, 5) is 26.6. The zero-order valence-corrected chi connectivity index (χ0v) is 16.9. The van der Waals surface area contributed by atoms with Crippen LogP contribution in [-0.4, -0.2) is 41.2 Å². The summed E-state index contributed by atoms with van der Waals surface area (Å²) in [5.74, 6) is 0.337. The van der Waals surface area contributed by atoms with Crippen molar-refractivity contribution in [3.8, 4) is 5.75 Å². The molecule has 2 aromatic rings. The van der Waals surface area contributed by atoms with Crippen molar-refractivity contribution in [2.75, 3.05) is 18.0 Å². The molecule has 150 valence electrons. The van der Waals surface area contributed by atoms with Gasteiger partial charge in [0.1, 0.15) is 5.75 Å². The fourth-order valence-electron chi connectivity index (χ4n) is 3.51. The lowest BCUT2D eigenvalue weighted by Crippen LogP contribution is -2.34. The highest BCUT2D eigenvalue weighted by Crippen LogP contribution is 2.27. The van der Waals surface area contributed by atoms with Gasteiger partial charge in [-0.05, 0) is 63.9 Å². The Kier molecular flexibility index (Phi) is 6.02. The largest absolute Gasteiger partial charge is 0.491 e. The summed E-state index contributed by atoms with van der Waals surface area (Å²) in [5, 5.41) is 10.1. The highest BCUT2D eigenvalue weighted by Gasteiger charge is 2.35. The summed E-state index contributed by atoms with van der Waals surface area (Å²) in [5.41, 5.74) is 3.91. The molecule has 7 heteroatoms. The molecule has 1 aromatic carbocycles. The number of ether oxygens (including phenoxy) is 1. The predicted octanol–water partition coefficient (Wildman–Crippen LogP) is 2.53. The third-order valence-electron chi connectivity index (χ3n) is 4.97. The van der Waals surface area contributed by atoms with Gasteiger partial charge in [0.25, 0.3) is 0 Å². The van der Waals surface area contributed by atoms with Crippen LogP contribution in [0.15, 0.2) is 24.3 Å². The number of H-pyrrole nitrogens is 1. The van der Waals surface area contributed by atoms with Crippen molar-refractivity contribution in [3.05, 3.63) is 41.2 Å². The number of rotatable bonds is 7. The second kappa shape index (κ2) is 8.46. The SMILES string of the molecule is Cc1n[nH]c(C)c1CCNC(=O)[C@H]1CC(=O)N(c2ccc(OC(C)C)cc2)C1. The lowest BCUT2D eigenvalue weighted by Gasteiger charge is -2.18.